The minimum absolute atomic E-state index is 0. The van der Waals surface area contributed by atoms with E-state index in [1.807, 2.05) is 32.0 Å². The van der Waals surface area contributed by atoms with E-state index in [2.05, 4.69) is 35.5 Å². The van der Waals surface area contributed by atoms with Crippen LogP contribution in [0, 0.1) is 6.92 Å². The standard InChI is InChI=1S/C7H8.2C4H10O2.C4H10O.C2H6.4CH4/c1-7-5-3-2-4-6-7;1-4(3-5)6-2;1-6-4-2-3-5;1-3-4-5-2;1-2;;;;/h2-6H,1H3;4-5H,3H2,1-2H3;5H,2-4H2,1H3;3-4H2,1-2H3;1-2H3;4*1H4. The number of hydrogen-bond donors (Lipinski definition) is 2. The van der Waals surface area contributed by atoms with Crippen molar-refractivity contribution in [2.75, 3.05) is 47.8 Å². The van der Waals surface area contributed by atoms with Gasteiger partial charge in [0.2, 0.25) is 0 Å². The zero-order valence-corrected chi connectivity index (χ0v) is 18.3. The molecule has 0 saturated carbocycles. The van der Waals surface area contributed by atoms with Gasteiger partial charge in [0, 0.05) is 41.2 Å². The molecule has 1 aromatic rings. The maximum atomic E-state index is 8.21. The van der Waals surface area contributed by atoms with E-state index in [4.69, 9.17) is 14.9 Å². The Labute approximate surface area is 191 Å². The largest absolute Gasteiger partial charge is 0.396 e. The van der Waals surface area contributed by atoms with Gasteiger partial charge in [-0.15, -0.1) is 0 Å². The lowest BCUT2D eigenvalue weighted by molar-refractivity contribution is 0.0623. The van der Waals surface area contributed by atoms with E-state index in [1.54, 1.807) is 28.3 Å². The molecular formula is C25H60O5. The van der Waals surface area contributed by atoms with Crippen molar-refractivity contribution in [3.63, 3.8) is 0 Å². The van der Waals surface area contributed by atoms with Crippen LogP contribution in [0.4, 0.5) is 0 Å². The van der Waals surface area contributed by atoms with Gasteiger partial charge in [-0.25, -0.2) is 0 Å². The smallest absolute Gasteiger partial charge is 0.0773 e. The molecule has 0 saturated heterocycles. The quantitative estimate of drug-likeness (QED) is 0.465. The highest BCUT2D eigenvalue weighted by molar-refractivity contribution is 5.11. The van der Waals surface area contributed by atoms with Crippen LogP contribution >= 0.6 is 0 Å². The minimum atomic E-state index is -0.00926. The number of ether oxygens (including phenoxy) is 3. The van der Waals surface area contributed by atoms with Gasteiger partial charge in [-0.2, -0.15) is 0 Å². The van der Waals surface area contributed by atoms with E-state index >= 15 is 0 Å². The highest BCUT2D eigenvalue weighted by atomic mass is 16.5. The van der Waals surface area contributed by atoms with Crippen LogP contribution in [0.5, 0.6) is 0 Å². The SMILES string of the molecule is C.C.C.C.CC.CCCOC.COC(C)CO.COCCCO.Cc1ccccc1. The van der Waals surface area contributed by atoms with Crippen molar-refractivity contribution >= 4 is 0 Å². The molecule has 190 valence electrons. The summed E-state index contributed by atoms with van der Waals surface area (Å²) in [6, 6.07) is 10.3. The van der Waals surface area contributed by atoms with Crippen molar-refractivity contribution in [3.05, 3.63) is 35.9 Å². The van der Waals surface area contributed by atoms with Crippen LogP contribution in [0.2, 0.25) is 0 Å². The van der Waals surface area contributed by atoms with Crippen LogP contribution in [0.1, 0.15) is 75.8 Å². The summed E-state index contributed by atoms with van der Waals surface area (Å²) < 4.78 is 14.0. The third-order valence-electron chi connectivity index (χ3n) is 2.51. The summed E-state index contributed by atoms with van der Waals surface area (Å²) in [6.45, 7) is 11.9. The molecule has 0 aliphatic rings. The molecule has 1 aromatic carbocycles. The molecule has 2 N–H and O–H groups in total. The van der Waals surface area contributed by atoms with Gasteiger partial charge in [0.15, 0.2) is 0 Å². The Balaban J connectivity index is -0.0000000336. The lowest BCUT2D eigenvalue weighted by atomic mass is 10.2. The first kappa shape index (κ1) is 51.6. The van der Waals surface area contributed by atoms with Crippen LogP contribution in [0.3, 0.4) is 0 Å². The van der Waals surface area contributed by atoms with Gasteiger partial charge >= 0.3 is 0 Å². The fraction of sp³-hybridized carbons (Fsp3) is 0.760. The second-order valence-corrected chi connectivity index (χ2v) is 4.95. The molecule has 0 aliphatic heterocycles. The molecule has 0 spiro atoms. The summed E-state index contributed by atoms with van der Waals surface area (Å²) in [4.78, 5) is 0. The number of hydrogen-bond acceptors (Lipinski definition) is 5. The Kier molecular flexibility index (Phi) is 97.2. The predicted octanol–water partition coefficient (Wildman–Crippen LogP) is 6.64. The van der Waals surface area contributed by atoms with E-state index in [0.717, 1.165) is 19.4 Å². The second-order valence-electron chi connectivity index (χ2n) is 4.95. The van der Waals surface area contributed by atoms with Gasteiger partial charge < -0.3 is 24.4 Å². The third kappa shape index (κ3) is 71.3. The first-order valence-electron chi connectivity index (χ1n) is 9.27. The molecule has 5 heteroatoms. The molecule has 0 aliphatic carbocycles. The average Bonchev–Trinajstić information content (AvgIpc) is 2.70. The van der Waals surface area contributed by atoms with Crippen LogP contribution in [0.25, 0.3) is 0 Å². The van der Waals surface area contributed by atoms with Crippen LogP contribution < -0.4 is 0 Å². The summed E-state index contributed by atoms with van der Waals surface area (Å²) in [5, 5.41) is 16.3. The lowest BCUT2D eigenvalue weighted by Crippen LogP contribution is -2.08. The number of aliphatic hydroxyl groups excluding tert-OH is 2. The van der Waals surface area contributed by atoms with Crippen LogP contribution in [-0.4, -0.2) is 64.1 Å². The lowest BCUT2D eigenvalue weighted by Gasteiger charge is -2.00. The van der Waals surface area contributed by atoms with Crippen molar-refractivity contribution < 1.29 is 24.4 Å². The van der Waals surface area contributed by atoms with Crippen molar-refractivity contribution in [1.29, 1.82) is 0 Å². The molecule has 5 nitrogen and oxygen atoms in total. The molecule has 1 unspecified atom stereocenters. The molecule has 0 bridgehead atoms. The van der Waals surface area contributed by atoms with Gasteiger partial charge in [-0.05, 0) is 26.7 Å². The Morgan fingerprint density at radius 1 is 0.833 bits per heavy atom. The normalized spacial score (nSPS) is 8.33. The van der Waals surface area contributed by atoms with E-state index < -0.39 is 0 Å². The first-order valence-corrected chi connectivity index (χ1v) is 9.27. The molecule has 1 rings (SSSR count). The minimum Gasteiger partial charge on any atom is -0.396 e. The molecule has 0 amide bonds. The number of aliphatic hydroxyl groups is 2. The molecule has 30 heavy (non-hydrogen) atoms. The summed E-state index contributed by atoms with van der Waals surface area (Å²) in [6.07, 6.45) is 1.86. The van der Waals surface area contributed by atoms with E-state index in [-0.39, 0.29) is 49.0 Å². The number of benzene rings is 1. The zero-order chi connectivity index (χ0) is 21.1. The highest BCUT2D eigenvalue weighted by Gasteiger charge is 1.90. The van der Waals surface area contributed by atoms with Crippen LogP contribution in [-0.2, 0) is 14.2 Å². The molecule has 0 heterocycles. The Morgan fingerprint density at radius 3 is 1.37 bits per heavy atom. The van der Waals surface area contributed by atoms with Crippen molar-refractivity contribution in [3.8, 4) is 0 Å². The summed E-state index contributed by atoms with van der Waals surface area (Å²) >= 11 is 0. The summed E-state index contributed by atoms with van der Waals surface area (Å²) in [5.41, 5.74) is 1.32. The van der Waals surface area contributed by atoms with Crippen molar-refractivity contribution in [1.82, 2.24) is 0 Å². The van der Waals surface area contributed by atoms with E-state index in [1.165, 1.54) is 5.56 Å². The fourth-order valence-electron chi connectivity index (χ4n) is 1.02. The number of rotatable bonds is 7. The highest BCUT2D eigenvalue weighted by Crippen LogP contribution is 1.92. The van der Waals surface area contributed by atoms with E-state index in [0.29, 0.717) is 6.61 Å². The first-order chi connectivity index (χ1) is 12.5. The Bertz CT molecular complexity index is 285. The van der Waals surface area contributed by atoms with Gasteiger partial charge in [0.1, 0.15) is 0 Å². The van der Waals surface area contributed by atoms with Crippen molar-refractivity contribution in [2.45, 2.75) is 83.3 Å². The molecular weight excluding hydrogens is 380 g/mol. The van der Waals surface area contributed by atoms with Gasteiger partial charge in [-0.1, -0.05) is 86.4 Å². The summed E-state index contributed by atoms with van der Waals surface area (Å²) in [5.74, 6) is 0. The maximum Gasteiger partial charge on any atom is 0.0773 e. The average molecular weight is 441 g/mol. The Hall–Kier alpha value is -0.980. The topological polar surface area (TPSA) is 68.2 Å². The van der Waals surface area contributed by atoms with Gasteiger partial charge in [-0.3, -0.25) is 0 Å². The van der Waals surface area contributed by atoms with Gasteiger partial charge in [0.05, 0.1) is 12.7 Å². The molecule has 0 fully saturated rings. The number of aryl methyl sites for hydroxylation is 1. The third-order valence-corrected chi connectivity index (χ3v) is 2.51. The fourth-order valence-corrected chi connectivity index (χ4v) is 1.02. The molecule has 0 aromatic heterocycles. The van der Waals surface area contributed by atoms with Gasteiger partial charge in [0.25, 0.3) is 0 Å². The number of methoxy groups -OCH3 is 3. The maximum absolute atomic E-state index is 8.21. The van der Waals surface area contributed by atoms with Crippen molar-refractivity contribution in [2.24, 2.45) is 0 Å². The van der Waals surface area contributed by atoms with E-state index in [9.17, 15) is 0 Å². The predicted molar refractivity (Wildman–Crippen MR) is 139 cm³/mol. The zero-order valence-electron chi connectivity index (χ0n) is 18.3. The monoisotopic (exact) mass is 440 g/mol. The molecule has 0 radical (unpaired) electrons. The Morgan fingerprint density at radius 2 is 1.27 bits per heavy atom. The molecule has 1 atom stereocenters. The van der Waals surface area contributed by atoms with Crippen LogP contribution in [0.15, 0.2) is 30.3 Å². The second kappa shape index (κ2) is 56.5. The summed E-state index contributed by atoms with van der Waals surface area (Å²) in [7, 11) is 4.90.